The molecule has 2 aliphatic rings. The molecule has 0 aromatic heterocycles. The van der Waals surface area contributed by atoms with E-state index < -0.39 is 0 Å². The van der Waals surface area contributed by atoms with Gasteiger partial charge in [-0.05, 0) is 19.4 Å². The average Bonchev–Trinajstić information content (AvgIpc) is 2.96. The third-order valence-electron chi connectivity index (χ3n) is 3.40. The Morgan fingerprint density at radius 1 is 1.25 bits per heavy atom. The first-order chi connectivity index (χ1) is 7.90. The summed E-state index contributed by atoms with van der Waals surface area (Å²) in [5.41, 5.74) is 0. The van der Waals surface area contributed by atoms with E-state index in [-0.39, 0.29) is 0 Å². The second kappa shape index (κ2) is 6.55. The number of hydrogen-bond donors (Lipinski definition) is 1. The lowest BCUT2D eigenvalue weighted by atomic mass is 10.00. The van der Waals surface area contributed by atoms with Gasteiger partial charge in [-0.2, -0.15) is 0 Å². The van der Waals surface area contributed by atoms with Crippen molar-refractivity contribution in [3.8, 4) is 0 Å². The van der Waals surface area contributed by atoms with Crippen LogP contribution in [-0.2, 0) is 14.2 Å². The number of nitrogens with one attached hydrogen (secondary N) is 1. The van der Waals surface area contributed by atoms with Crippen LogP contribution in [0.5, 0.6) is 0 Å². The topological polar surface area (TPSA) is 39.7 Å². The zero-order valence-electron chi connectivity index (χ0n) is 10.1. The molecule has 0 amide bonds. The number of likely N-dealkylation sites (N-methyl/N-ethyl adjacent to an activating group) is 1. The molecule has 3 atom stereocenters. The molecule has 0 spiro atoms. The Hall–Kier alpha value is -0.160. The summed E-state index contributed by atoms with van der Waals surface area (Å²) in [6, 6.07) is 0.438. The van der Waals surface area contributed by atoms with E-state index >= 15 is 0 Å². The fourth-order valence-electron chi connectivity index (χ4n) is 2.38. The molecule has 2 saturated heterocycles. The highest BCUT2D eigenvalue weighted by Gasteiger charge is 2.26. The first-order valence-electron chi connectivity index (χ1n) is 6.40. The molecular weight excluding hydrogens is 206 g/mol. The predicted octanol–water partition coefficient (Wildman–Crippen LogP) is 0.806. The van der Waals surface area contributed by atoms with E-state index in [0.717, 1.165) is 52.4 Å². The molecule has 0 bridgehead atoms. The summed E-state index contributed by atoms with van der Waals surface area (Å²) in [5, 5.41) is 3.50. The standard InChI is InChI=1S/C12H23NO3/c1-2-13-12(10-3-5-14-7-10)9-16-11-4-6-15-8-11/h10-13H,2-9H2,1H3. The van der Waals surface area contributed by atoms with Gasteiger partial charge in [0.15, 0.2) is 0 Å². The van der Waals surface area contributed by atoms with Gasteiger partial charge in [-0.3, -0.25) is 0 Å². The monoisotopic (exact) mass is 229 g/mol. The Bertz CT molecular complexity index is 189. The van der Waals surface area contributed by atoms with Crippen molar-refractivity contribution in [1.29, 1.82) is 0 Å². The van der Waals surface area contributed by atoms with Crippen molar-refractivity contribution < 1.29 is 14.2 Å². The van der Waals surface area contributed by atoms with E-state index in [1.807, 2.05) is 0 Å². The first kappa shape index (κ1) is 12.3. The van der Waals surface area contributed by atoms with E-state index in [2.05, 4.69) is 12.2 Å². The number of rotatable bonds is 6. The van der Waals surface area contributed by atoms with E-state index in [0.29, 0.717) is 18.1 Å². The number of hydrogen-bond acceptors (Lipinski definition) is 4. The van der Waals surface area contributed by atoms with Gasteiger partial charge in [0, 0.05) is 25.2 Å². The van der Waals surface area contributed by atoms with E-state index in [1.165, 1.54) is 0 Å². The average molecular weight is 229 g/mol. The van der Waals surface area contributed by atoms with Crippen LogP contribution in [0.4, 0.5) is 0 Å². The smallest absolute Gasteiger partial charge is 0.0831 e. The van der Waals surface area contributed by atoms with Gasteiger partial charge in [0.1, 0.15) is 0 Å². The minimum Gasteiger partial charge on any atom is -0.381 e. The summed E-state index contributed by atoms with van der Waals surface area (Å²) in [5.74, 6) is 0.613. The molecule has 2 heterocycles. The third-order valence-corrected chi connectivity index (χ3v) is 3.40. The largest absolute Gasteiger partial charge is 0.381 e. The van der Waals surface area contributed by atoms with Gasteiger partial charge in [0.2, 0.25) is 0 Å². The Kier molecular flexibility index (Phi) is 5.03. The van der Waals surface area contributed by atoms with Crippen molar-refractivity contribution in [2.24, 2.45) is 5.92 Å². The zero-order valence-corrected chi connectivity index (χ0v) is 10.1. The van der Waals surface area contributed by atoms with Gasteiger partial charge < -0.3 is 19.5 Å². The lowest BCUT2D eigenvalue weighted by molar-refractivity contribution is 0.0196. The van der Waals surface area contributed by atoms with Gasteiger partial charge in [-0.15, -0.1) is 0 Å². The van der Waals surface area contributed by atoms with Crippen LogP contribution in [0, 0.1) is 5.92 Å². The van der Waals surface area contributed by atoms with Crippen molar-refractivity contribution in [3.05, 3.63) is 0 Å². The van der Waals surface area contributed by atoms with Crippen LogP contribution in [-0.4, -0.2) is 51.7 Å². The van der Waals surface area contributed by atoms with Crippen molar-refractivity contribution in [3.63, 3.8) is 0 Å². The molecule has 0 aromatic carbocycles. The quantitative estimate of drug-likeness (QED) is 0.731. The lowest BCUT2D eigenvalue weighted by Gasteiger charge is -2.24. The van der Waals surface area contributed by atoms with Crippen molar-refractivity contribution in [1.82, 2.24) is 5.32 Å². The summed E-state index contributed by atoms with van der Waals surface area (Å²) >= 11 is 0. The highest BCUT2D eigenvalue weighted by Crippen LogP contribution is 2.18. The van der Waals surface area contributed by atoms with Crippen molar-refractivity contribution >= 4 is 0 Å². The number of ether oxygens (including phenoxy) is 3. The lowest BCUT2D eigenvalue weighted by Crippen LogP contribution is -2.41. The molecule has 0 radical (unpaired) electrons. The van der Waals surface area contributed by atoms with Crippen LogP contribution in [0.1, 0.15) is 19.8 Å². The summed E-state index contributed by atoms with van der Waals surface area (Å²) < 4.78 is 16.6. The maximum atomic E-state index is 5.89. The molecule has 4 nitrogen and oxygen atoms in total. The van der Waals surface area contributed by atoms with Crippen LogP contribution in [0.15, 0.2) is 0 Å². The van der Waals surface area contributed by atoms with Crippen molar-refractivity contribution in [2.45, 2.75) is 31.9 Å². The molecule has 1 N–H and O–H groups in total. The van der Waals surface area contributed by atoms with Crippen LogP contribution in [0.25, 0.3) is 0 Å². The summed E-state index contributed by atoms with van der Waals surface area (Å²) in [7, 11) is 0. The van der Waals surface area contributed by atoms with E-state index in [9.17, 15) is 0 Å². The zero-order chi connectivity index (χ0) is 11.2. The molecule has 0 saturated carbocycles. The van der Waals surface area contributed by atoms with Crippen LogP contribution < -0.4 is 5.32 Å². The first-order valence-corrected chi connectivity index (χ1v) is 6.40. The molecule has 2 fully saturated rings. The second-order valence-corrected chi connectivity index (χ2v) is 4.61. The SMILES string of the molecule is CCNC(COC1CCOC1)C1CCOC1. The van der Waals surface area contributed by atoms with Gasteiger partial charge in [-0.25, -0.2) is 0 Å². The predicted molar refractivity (Wildman–Crippen MR) is 61.6 cm³/mol. The van der Waals surface area contributed by atoms with Crippen molar-refractivity contribution in [2.75, 3.05) is 39.6 Å². The molecule has 4 heteroatoms. The summed E-state index contributed by atoms with van der Waals surface area (Å²) in [6.07, 6.45) is 2.51. The highest BCUT2D eigenvalue weighted by atomic mass is 16.5. The molecular formula is C12H23NO3. The fourth-order valence-corrected chi connectivity index (χ4v) is 2.38. The van der Waals surface area contributed by atoms with E-state index in [1.54, 1.807) is 0 Å². The molecule has 0 aliphatic carbocycles. The third kappa shape index (κ3) is 3.42. The minimum absolute atomic E-state index is 0.309. The molecule has 16 heavy (non-hydrogen) atoms. The Balaban J connectivity index is 1.72. The minimum atomic E-state index is 0.309. The molecule has 3 unspecified atom stereocenters. The Labute approximate surface area is 97.6 Å². The Morgan fingerprint density at radius 2 is 2.06 bits per heavy atom. The maximum absolute atomic E-state index is 5.89. The Morgan fingerprint density at radius 3 is 2.69 bits per heavy atom. The molecule has 2 rings (SSSR count). The van der Waals surface area contributed by atoms with Crippen LogP contribution >= 0.6 is 0 Å². The normalized spacial score (nSPS) is 32.1. The summed E-state index contributed by atoms with van der Waals surface area (Å²) in [6.45, 7) is 7.31. The maximum Gasteiger partial charge on any atom is 0.0831 e. The summed E-state index contributed by atoms with van der Waals surface area (Å²) in [4.78, 5) is 0. The molecule has 0 aromatic rings. The molecule has 2 aliphatic heterocycles. The fraction of sp³-hybridized carbons (Fsp3) is 1.00. The van der Waals surface area contributed by atoms with E-state index in [4.69, 9.17) is 14.2 Å². The van der Waals surface area contributed by atoms with Crippen LogP contribution in [0.2, 0.25) is 0 Å². The van der Waals surface area contributed by atoms with Gasteiger partial charge in [0.25, 0.3) is 0 Å². The van der Waals surface area contributed by atoms with Gasteiger partial charge in [-0.1, -0.05) is 6.92 Å². The highest BCUT2D eigenvalue weighted by molar-refractivity contribution is 4.79. The van der Waals surface area contributed by atoms with Gasteiger partial charge in [0.05, 0.1) is 25.9 Å². The van der Waals surface area contributed by atoms with Gasteiger partial charge >= 0.3 is 0 Å². The molecule has 94 valence electrons. The second-order valence-electron chi connectivity index (χ2n) is 4.61. The van der Waals surface area contributed by atoms with Crippen LogP contribution in [0.3, 0.4) is 0 Å².